The highest BCUT2D eigenvalue weighted by Crippen LogP contribution is 2.35. The third-order valence-corrected chi connectivity index (χ3v) is 4.21. The molecule has 0 spiro atoms. The van der Waals surface area contributed by atoms with Gasteiger partial charge in [0.15, 0.2) is 0 Å². The van der Waals surface area contributed by atoms with Crippen LogP contribution in [0.4, 0.5) is 8.78 Å². The van der Waals surface area contributed by atoms with Gasteiger partial charge in [0.1, 0.15) is 0 Å². The van der Waals surface area contributed by atoms with Gasteiger partial charge in [0.2, 0.25) is 0 Å². The number of rotatable bonds is 6. The lowest BCUT2D eigenvalue weighted by Crippen LogP contribution is -2.48. The van der Waals surface area contributed by atoms with Crippen molar-refractivity contribution in [1.82, 2.24) is 10.2 Å². The van der Waals surface area contributed by atoms with Gasteiger partial charge in [-0.25, -0.2) is 8.78 Å². The molecule has 1 fully saturated rings. The standard InChI is InChI=1S/C16H32F2N2/c1-15(2,3)19-12-16(9-7-5-6-8-10-16)13-20(4)11-14(17)18/h14,19H,5-13H2,1-4H3. The second-order valence-electron chi connectivity index (χ2n) is 7.61. The van der Waals surface area contributed by atoms with Gasteiger partial charge in [-0.3, -0.25) is 0 Å². The molecule has 0 unspecified atom stereocenters. The zero-order chi connectivity index (χ0) is 15.2. The van der Waals surface area contributed by atoms with E-state index in [-0.39, 0.29) is 17.5 Å². The first-order chi connectivity index (χ1) is 9.22. The Kier molecular flexibility index (Phi) is 6.86. The molecule has 4 heteroatoms. The lowest BCUT2D eigenvalue weighted by molar-refractivity contribution is 0.0664. The van der Waals surface area contributed by atoms with Crippen molar-refractivity contribution in [2.45, 2.75) is 71.3 Å². The fraction of sp³-hybridized carbons (Fsp3) is 1.00. The van der Waals surface area contributed by atoms with Crippen LogP contribution in [0, 0.1) is 5.41 Å². The van der Waals surface area contributed by atoms with Crippen molar-refractivity contribution in [2.75, 3.05) is 26.7 Å². The van der Waals surface area contributed by atoms with Gasteiger partial charge in [-0.1, -0.05) is 25.7 Å². The molecule has 2 nitrogen and oxygen atoms in total. The predicted molar refractivity (Wildman–Crippen MR) is 81.4 cm³/mol. The Labute approximate surface area is 123 Å². The number of nitrogens with one attached hydrogen (secondary N) is 1. The average Bonchev–Trinajstić information content (AvgIpc) is 2.51. The molecule has 0 aromatic heterocycles. The SMILES string of the molecule is CN(CC(F)F)CC1(CNC(C)(C)C)CCCCCC1. The molecule has 0 bridgehead atoms. The van der Waals surface area contributed by atoms with E-state index in [0.717, 1.165) is 25.9 Å². The van der Waals surface area contributed by atoms with Gasteiger partial charge in [0.25, 0.3) is 6.43 Å². The van der Waals surface area contributed by atoms with Crippen LogP contribution in [0.5, 0.6) is 0 Å². The van der Waals surface area contributed by atoms with Crippen LogP contribution < -0.4 is 5.32 Å². The third-order valence-electron chi connectivity index (χ3n) is 4.21. The minimum absolute atomic E-state index is 0.0839. The molecule has 1 aliphatic rings. The van der Waals surface area contributed by atoms with Crippen molar-refractivity contribution in [1.29, 1.82) is 0 Å². The minimum Gasteiger partial charge on any atom is -0.311 e. The molecule has 0 aromatic rings. The lowest BCUT2D eigenvalue weighted by Gasteiger charge is -2.39. The van der Waals surface area contributed by atoms with Gasteiger partial charge in [-0.2, -0.15) is 0 Å². The first kappa shape index (κ1) is 17.8. The molecule has 1 N–H and O–H groups in total. The molecular formula is C16H32F2N2. The lowest BCUT2D eigenvalue weighted by atomic mass is 9.79. The van der Waals surface area contributed by atoms with Gasteiger partial charge in [-0.15, -0.1) is 0 Å². The molecule has 0 atom stereocenters. The van der Waals surface area contributed by atoms with Crippen LogP contribution >= 0.6 is 0 Å². The summed E-state index contributed by atoms with van der Waals surface area (Å²) in [7, 11) is 1.83. The summed E-state index contributed by atoms with van der Waals surface area (Å²) in [6.07, 6.45) is 5.11. The monoisotopic (exact) mass is 290 g/mol. The molecule has 1 aliphatic carbocycles. The van der Waals surface area contributed by atoms with Crippen LogP contribution in [0.2, 0.25) is 0 Å². The van der Waals surface area contributed by atoms with E-state index in [4.69, 9.17) is 0 Å². The maximum atomic E-state index is 12.6. The Morgan fingerprint density at radius 1 is 1.10 bits per heavy atom. The Hall–Kier alpha value is -0.220. The van der Waals surface area contributed by atoms with Gasteiger partial charge >= 0.3 is 0 Å². The number of hydrogen-bond acceptors (Lipinski definition) is 2. The van der Waals surface area contributed by atoms with Crippen molar-refractivity contribution < 1.29 is 8.78 Å². The quantitative estimate of drug-likeness (QED) is 0.746. The van der Waals surface area contributed by atoms with Gasteiger partial charge in [-0.05, 0) is 46.1 Å². The second-order valence-corrected chi connectivity index (χ2v) is 7.61. The Morgan fingerprint density at radius 2 is 1.65 bits per heavy atom. The van der Waals surface area contributed by atoms with Crippen molar-refractivity contribution in [3.63, 3.8) is 0 Å². The van der Waals surface area contributed by atoms with E-state index in [1.54, 1.807) is 0 Å². The van der Waals surface area contributed by atoms with Crippen molar-refractivity contribution in [3.05, 3.63) is 0 Å². The van der Waals surface area contributed by atoms with Crippen LogP contribution in [-0.4, -0.2) is 43.5 Å². The van der Waals surface area contributed by atoms with E-state index in [0.29, 0.717) is 0 Å². The Bertz CT molecular complexity index is 266. The first-order valence-corrected chi connectivity index (χ1v) is 7.94. The van der Waals surface area contributed by atoms with Gasteiger partial charge < -0.3 is 10.2 Å². The molecule has 0 saturated heterocycles. The summed E-state index contributed by atoms with van der Waals surface area (Å²) < 4.78 is 25.1. The second kappa shape index (κ2) is 7.69. The fourth-order valence-electron chi connectivity index (χ4n) is 3.19. The van der Waals surface area contributed by atoms with E-state index in [2.05, 4.69) is 26.1 Å². The summed E-state index contributed by atoms with van der Waals surface area (Å²) in [6.45, 7) is 8.10. The number of halogens is 2. The van der Waals surface area contributed by atoms with Crippen LogP contribution in [-0.2, 0) is 0 Å². The number of hydrogen-bond donors (Lipinski definition) is 1. The number of nitrogens with zero attached hydrogens (tertiary/aromatic N) is 1. The summed E-state index contributed by atoms with van der Waals surface area (Å²) in [5.41, 5.74) is 0.244. The molecule has 0 aromatic carbocycles. The highest BCUT2D eigenvalue weighted by Gasteiger charge is 2.33. The molecule has 0 amide bonds. The molecule has 0 heterocycles. The van der Waals surface area contributed by atoms with Crippen molar-refractivity contribution in [2.24, 2.45) is 5.41 Å². The van der Waals surface area contributed by atoms with Crippen LogP contribution in [0.15, 0.2) is 0 Å². The van der Waals surface area contributed by atoms with Crippen molar-refractivity contribution >= 4 is 0 Å². The highest BCUT2D eigenvalue weighted by molar-refractivity contribution is 4.88. The average molecular weight is 290 g/mol. The Balaban J connectivity index is 2.67. The largest absolute Gasteiger partial charge is 0.311 e. The molecule has 1 rings (SSSR count). The maximum Gasteiger partial charge on any atom is 0.251 e. The van der Waals surface area contributed by atoms with Crippen LogP contribution in [0.25, 0.3) is 0 Å². The topological polar surface area (TPSA) is 15.3 Å². The summed E-state index contributed by atoms with van der Waals surface area (Å²) in [5.74, 6) is 0. The highest BCUT2D eigenvalue weighted by atomic mass is 19.3. The molecule has 0 radical (unpaired) electrons. The zero-order valence-corrected chi connectivity index (χ0v) is 13.6. The number of alkyl halides is 2. The van der Waals surface area contributed by atoms with Gasteiger partial charge in [0, 0.05) is 18.6 Å². The van der Waals surface area contributed by atoms with E-state index < -0.39 is 6.43 Å². The van der Waals surface area contributed by atoms with E-state index in [1.807, 2.05) is 11.9 Å². The summed E-state index contributed by atoms with van der Waals surface area (Å²) in [5, 5.41) is 3.60. The third kappa shape index (κ3) is 6.98. The molecular weight excluding hydrogens is 258 g/mol. The maximum absolute atomic E-state index is 12.6. The summed E-state index contributed by atoms with van der Waals surface area (Å²) in [6, 6.07) is 0. The summed E-state index contributed by atoms with van der Waals surface area (Å²) >= 11 is 0. The van der Waals surface area contributed by atoms with E-state index in [1.165, 1.54) is 25.7 Å². The normalized spacial score (nSPS) is 20.4. The summed E-state index contributed by atoms with van der Waals surface area (Å²) in [4.78, 5) is 1.82. The molecule has 0 aliphatic heterocycles. The predicted octanol–water partition coefficient (Wildman–Crippen LogP) is 3.91. The Morgan fingerprint density at radius 3 is 2.10 bits per heavy atom. The van der Waals surface area contributed by atoms with E-state index in [9.17, 15) is 8.78 Å². The fourth-order valence-corrected chi connectivity index (χ4v) is 3.19. The van der Waals surface area contributed by atoms with Gasteiger partial charge in [0.05, 0.1) is 6.54 Å². The molecule has 120 valence electrons. The molecule has 20 heavy (non-hydrogen) atoms. The zero-order valence-electron chi connectivity index (χ0n) is 13.6. The van der Waals surface area contributed by atoms with Crippen LogP contribution in [0.3, 0.4) is 0 Å². The smallest absolute Gasteiger partial charge is 0.251 e. The first-order valence-electron chi connectivity index (χ1n) is 7.94. The minimum atomic E-state index is -2.24. The van der Waals surface area contributed by atoms with Crippen molar-refractivity contribution in [3.8, 4) is 0 Å². The van der Waals surface area contributed by atoms with E-state index >= 15 is 0 Å². The van der Waals surface area contributed by atoms with Crippen LogP contribution in [0.1, 0.15) is 59.3 Å². The molecule has 1 saturated carbocycles.